The number of amides is 1. The molecule has 0 bridgehead atoms. The van der Waals surface area contributed by atoms with E-state index in [0.29, 0.717) is 16.6 Å². The van der Waals surface area contributed by atoms with Gasteiger partial charge in [-0.1, -0.05) is 36.2 Å². The van der Waals surface area contributed by atoms with E-state index < -0.39 is 0 Å². The summed E-state index contributed by atoms with van der Waals surface area (Å²) in [6, 6.07) is 5.81. The van der Waals surface area contributed by atoms with Crippen LogP contribution in [0.2, 0.25) is 10.0 Å². The van der Waals surface area contributed by atoms with Crippen molar-refractivity contribution in [2.75, 3.05) is 13.1 Å². The summed E-state index contributed by atoms with van der Waals surface area (Å²) >= 11 is 12.5. The van der Waals surface area contributed by atoms with Gasteiger partial charge in [0.2, 0.25) is 5.91 Å². The number of rotatable bonds is 5. The molecule has 0 aromatic heterocycles. The number of piperidine rings is 1. The molecule has 0 spiro atoms. The molecule has 0 radical (unpaired) electrons. The standard InChI is InChI=1S/C17H24Cl2N2O/c1-3-12(2)20-17(22)13-6-5-9-21(10-13)11-14-15(18)7-4-8-16(14)19/h4,7-8,12-13H,3,5-6,9-11H2,1-2H3,(H,20,22)/t12-,13+/m1/s1. The molecule has 1 aromatic carbocycles. The average molecular weight is 343 g/mol. The molecule has 1 saturated heterocycles. The number of carbonyl (C=O) groups is 1. The second-order valence-electron chi connectivity index (χ2n) is 6.09. The van der Waals surface area contributed by atoms with E-state index in [1.54, 1.807) is 0 Å². The van der Waals surface area contributed by atoms with Crippen molar-refractivity contribution < 1.29 is 4.79 Å². The minimum Gasteiger partial charge on any atom is -0.353 e. The Morgan fingerprint density at radius 3 is 2.73 bits per heavy atom. The van der Waals surface area contributed by atoms with Gasteiger partial charge in [0.15, 0.2) is 0 Å². The number of likely N-dealkylation sites (tertiary alicyclic amines) is 1. The van der Waals surface area contributed by atoms with E-state index in [1.165, 1.54) is 0 Å². The molecule has 2 atom stereocenters. The molecule has 2 rings (SSSR count). The van der Waals surface area contributed by atoms with Crippen molar-refractivity contribution in [3.8, 4) is 0 Å². The van der Waals surface area contributed by atoms with Crippen LogP contribution in [0.1, 0.15) is 38.7 Å². The van der Waals surface area contributed by atoms with Crippen LogP contribution in [0.15, 0.2) is 18.2 Å². The minimum atomic E-state index is 0.0593. The van der Waals surface area contributed by atoms with E-state index >= 15 is 0 Å². The summed E-state index contributed by atoms with van der Waals surface area (Å²) in [4.78, 5) is 14.6. The van der Waals surface area contributed by atoms with Gasteiger partial charge in [0.1, 0.15) is 0 Å². The highest BCUT2D eigenvalue weighted by atomic mass is 35.5. The molecule has 1 N–H and O–H groups in total. The van der Waals surface area contributed by atoms with E-state index in [-0.39, 0.29) is 17.9 Å². The van der Waals surface area contributed by atoms with Crippen LogP contribution in [0.5, 0.6) is 0 Å². The quantitative estimate of drug-likeness (QED) is 0.872. The first-order valence-corrected chi connectivity index (χ1v) is 8.72. The Morgan fingerprint density at radius 1 is 1.41 bits per heavy atom. The number of hydrogen-bond acceptors (Lipinski definition) is 2. The highest BCUT2D eigenvalue weighted by molar-refractivity contribution is 6.35. The van der Waals surface area contributed by atoms with Crippen molar-refractivity contribution in [3.05, 3.63) is 33.8 Å². The van der Waals surface area contributed by atoms with Gasteiger partial charge in [-0.25, -0.2) is 0 Å². The Bertz CT molecular complexity index is 501. The fourth-order valence-corrected chi connectivity index (χ4v) is 3.30. The number of nitrogens with one attached hydrogen (secondary N) is 1. The van der Waals surface area contributed by atoms with Crippen molar-refractivity contribution in [2.45, 2.75) is 45.7 Å². The lowest BCUT2D eigenvalue weighted by atomic mass is 9.96. The molecule has 1 aliphatic heterocycles. The Labute approximate surface area is 143 Å². The SMILES string of the molecule is CC[C@@H](C)NC(=O)[C@H]1CCCN(Cc2c(Cl)cccc2Cl)C1. The zero-order valence-electron chi connectivity index (χ0n) is 13.2. The van der Waals surface area contributed by atoms with Gasteiger partial charge in [-0.3, -0.25) is 9.69 Å². The summed E-state index contributed by atoms with van der Waals surface area (Å²) in [5, 5.41) is 4.48. The van der Waals surface area contributed by atoms with Crippen LogP contribution in [0.25, 0.3) is 0 Å². The molecular weight excluding hydrogens is 319 g/mol. The van der Waals surface area contributed by atoms with Gasteiger partial charge in [-0.2, -0.15) is 0 Å². The molecule has 22 heavy (non-hydrogen) atoms. The Hall–Kier alpha value is -0.770. The number of hydrogen-bond donors (Lipinski definition) is 1. The van der Waals surface area contributed by atoms with Crippen LogP contribution < -0.4 is 5.32 Å². The fourth-order valence-electron chi connectivity index (χ4n) is 2.78. The van der Waals surface area contributed by atoms with Crippen LogP contribution in [-0.4, -0.2) is 29.9 Å². The summed E-state index contributed by atoms with van der Waals surface area (Å²) < 4.78 is 0. The molecule has 3 nitrogen and oxygen atoms in total. The maximum Gasteiger partial charge on any atom is 0.224 e. The van der Waals surface area contributed by atoms with Gasteiger partial charge in [-0.05, 0) is 44.9 Å². The summed E-state index contributed by atoms with van der Waals surface area (Å²) in [5.41, 5.74) is 0.953. The van der Waals surface area contributed by atoms with Crippen LogP contribution in [0.3, 0.4) is 0 Å². The third-order valence-electron chi connectivity index (χ3n) is 4.32. The monoisotopic (exact) mass is 342 g/mol. The molecule has 0 aliphatic carbocycles. The van der Waals surface area contributed by atoms with E-state index in [2.05, 4.69) is 17.1 Å². The number of carbonyl (C=O) groups excluding carboxylic acids is 1. The van der Waals surface area contributed by atoms with Gasteiger partial charge >= 0.3 is 0 Å². The zero-order valence-corrected chi connectivity index (χ0v) is 14.8. The molecule has 122 valence electrons. The molecule has 5 heteroatoms. The highest BCUT2D eigenvalue weighted by Gasteiger charge is 2.27. The Morgan fingerprint density at radius 2 is 2.09 bits per heavy atom. The topological polar surface area (TPSA) is 32.3 Å². The van der Waals surface area contributed by atoms with Crippen molar-refractivity contribution in [1.82, 2.24) is 10.2 Å². The maximum atomic E-state index is 12.3. The summed E-state index contributed by atoms with van der Waals surface area (Å²) in [7, 11) is 0. The first-order valence-electron chi connectivity index (χ1n) is 7.96. The molecule has 1 aromatic rings. The smallest absolute Gasteiger partial charge is 0.224 e. The van der Waals surface area contributed by atoms with Crippen molar-refractivity contribution in [3.63, 3.8) is 0 Å². The van der Waals surface area contributed by atoms with Gasteiger partial charge in [0, 0.05) is 34.7 Å². The second-order valence-corrected chi connectivity index (χ2v) is 6.91. The summed E-state index contributed by atoms with van der Waals surface area (Å²) in [6.07, 6.45) is 2.94. The number of benzene rings is 1. The molecule has 1 aliphatic rings. The second kappa shape index (κ2) is 8.19. The zero-order chi connectivity index (χ0) is 16.1. The van der Waals surface area contributed by atoms with Gasteiger partial charge in [-0.15, -0.1) is 0 Å². The average Bonchev–Trinajstić information content (AvgIpc) is 2.51. The minimum absolute atomic E-state index is 0.0593. The predicted molar refractivity (Wildman–Crippen MR) is 92.4 cm³/mol. The first kappa shape index (κ1) is 17.6. The maximum absolute atomic E-state index is 12.3. The van der Waals surface area contributed by atoms with E-state index in [1.807, 2.05) is 25.1 Å². The van der Waals surface area contributed by atoms with Crippen LogP contribution in [0, 0.1) is 5.92 Å². The van der Waals surface area contributed by atoms with Crippen molar-refractivity contribution in [2.24, 2.45) is 5.92 Å². The normalized spacial score (nSPS) is 20.6. The van der Waals surface area contributed by atoms with Crippen LogP contribution in [-0.2, 0) is 11.3 Å². The third kappa shape index (κ3) is 4.61. The van der Waals surface area contributed by atoms with E-state index in [4.69, 9.17) is 23.2 Å². The lowest BCUT2D eigenvalue weighted by Gasteiger charge is -2.33. The van der Waals surface area contributed by atoms with E-state index in [0.717, 1.165) is 37.9 Å². The number of halogens is 2. The molecule has 0 saturated carbocycles. The summed E-state index contributed by atoms with van der Waals surface area (Å²) in [6.45, 7) is 6.57. The highest BCUT2D eigenvalue weighted by Crippen LogP contribution is 2.27. The molecule has 1 amide bonds. The van der Waals surface area contributed by atoms with Crippen molar-refractivity contribution in [1.29, 1.82) is 0 Å². The van der Waals surface area contributed by atoms with Crippen LogP contribution >= 0.6 is 23.2 Å². The fraction of sp³-hybridized carbons (Fsp3) is 0.588. The summed E-state index contributed by atoms with van der Waals surface area (Å²) in [5.74, 6) is 0.230. The largest absolute Gasteiger partial charge is 0.353 e. The van der Waals surface area contributed by atoms with Gasteiger partial charge < -0.3 is 5.32 Å². The molecule has 1 heterocycles. The lowest BCUT2D eigenvalue weighted by Crippen LogP contribution is -2.44. The molecule has 0 unspecified atom stereocenters. The van der Waals surface area contributed by atoms with Crippen molar-refractivity contribution >= 4 is 29.1 Å². The first-order chi connectivity index (χ1) is 10.5. The predicted octanol–water partition coefficient (Wildman–Crippen LogP) is 4.12. The molecular formula is C17H24Cl2N2O. The number of nitrogens with zero attached hydrogens (tertiary/aromatic N) is 1. The van der Waals surface area contributed by atoms with E-state index in [9.17, 15) is 4.79 Å². The van der Waals surface area contributed by atoms with Gasteiger partial charge in [0.05, 0.1) is 5.92 Å². The lowest BCUT2D eigenvalue weighted by molar-refractivity contribution is -0.127. The van der Waals surface area contributed by atoms with Gasteiger partial charge in [0.25, 0.3) is 0 Å². The third-order valence-corrected chi connectivity index (χ3v) is 5.03. The Balaban J connectivity index is 1.97. The molecule has 1 fully saturated rings. The Kier molecular flexibility index (Phi) is 6.54. The van der Waals surface area contributed by atoms with Crippen LogP contribution in [0.4, 0.5) is 0 Å².